The molecule has 0 radical (unpaired) electrons. The summed E-state index contributed by atoms with van der Waals surface area (Å²) in [6.45, 7) is 0.528. The van der Waals surface area contributed by atoms with Gasteiger partial charge in [0.15, 0.2) is 0 Å². The van der Waals surface area contributed by atoms with Gasteiger partial charge in [-0.05, 0) is 47.7 Å². The topological polar surface area (TPSA) is 21.3 Å². The first-order valence-corrected chi connectivity index (χ1v) is 7.94. The molecule has 1 N–H and O–H groups in total. The molecule has 5 heteroatoms. The largest absolute Gasteiger partial charge is 0.380 e. The number of nitrogens with one attached hydrogen (secondary N) is 1. The van der Waals surface area contributed by atoms with Gasteiger partial charge >= 0.3 is 0 Å². The molecule has 110 valence electrons. The molecule has 1 aliphatic carbocycles. The maximum Gasteiger partial charge on any atom is 0.147 e. The van der Waals surface area contributed by atoms with Gasteiger partial charge in [-0.25, -0.2) is 8.78 Å². The van der Waals surface area contributed by atoms with E-state index >= 15 is 0 Å². The van der Waals surface area contributed by atoms with Crippen molar-refractivity contribution in [2.45, 2.75) is 50.2 Å². The molecular weight excluding hydrogens is 328 g/mol. The standard InChI is InChI=1S/C15H18BrF2NO/c16-11-7-13(18)14(8-12(11)17)19-9-10-3-6-15(20-10)4-1-2-5-15/h7-8,10,19H,1-6,9H2. The first kappa shape index (κ1) is 14.3. The average molecular weight is 346 g/mol. The molecule has 1 aliphatic heterocycles. The Morgan fingerprint density at radius 3 is 2.70 bits per heavy atom. The third kappa shape index (κ3) is 2.84. The molecule has 1 saturated carbocycles. The third-order valence-corrected chi connectivity index (χ3v) is 4.99. The minimum atomic E-state index is -0.464. The molecule has 1 heterocycles. The summed E-state index contributed by atoms with van der Waals surface area (Å²) in [7, 11) is 0. The lowest BCUT2D eigenvalue weighted by molar-refractivity contribution is -0.0307. The van der Waals surface area contributed by atoms with Crippen LogP contribution in [0.25, 0.3) is 0 Å². The molecule has 2 fully saturated rings. The summed E-state index contributed by atoms with van der Waals surface area (Å²) in [6, 6.07) is 2.32. The second-order valence-electron chi connectivity index (χ2n) is 5.80. The fourth-order valence-corrected chi connectivity index (χ4v) is 3.62. The molecule has 1 unspecified atom stereocenters. The Bertz CT molecular complexity index is 503. The van der Waals surface area contributed by atoms with Gasteiger partial charge < -0.3 is 10.1 Å². The lowest BCUT2D eigenvalue weighted by Crippen LogP contribution is -2.28. The van der Waals surface area contributed by atoms with Crippen LogP contribution in [0.3, 0.4) is 0 Å². The number of hydrogen-bond donors (Lipinski definition) is 1. The van der Waals surface area contributed by atoms with Crippen molar-refractivity contribution in [3.8, 4) is 0 Å². The van der Waals surface area contributed by atoms with Crippen LogP contribution < -0.4 is 5.32 Å². The molecule has 1 spiro atoms. The maximum atomic E-state index is 13.7. The van der Waals surface area contributed by atoms with E-state index < -0.39 is 11.6 Å². The van der Waals surface area contributed by atoms with Crippen molar-refractivity contribution < 1.29 is 13.5 Å². The van der Waals surface area contributed by atoms with Crippen LogP contribution in [0.5, 0.6) is 0 Å². The molecule has 1 aromatic carbocycles. The van der Waals surface area contributed by atoms with Gasteiger partial charge in [0.25, 0.3) is 0 Å². The zero-order valence-corrected chi connectivity index (χ0v) is 12.8. The normalized spacial score (nSPS) is 24.4. The summed E-state index contributed by atoms with van der Waals surface area (Å²) in [5.74, 6) is -0.916. The highest BCUT2D eigenvalue weighted by Crippen LogP contribution is 2.43. The van der Waals surface area contributed by atoms with Crippen LogP contribution in [-0.2, 0) is 4.74 Å². The molecule has 0 aromatic heterocycles. The Hall–Kier alpha value is -0.680. The van der Waals surface area contributed by atoms with E-state index in [9.17, 15) is 8.78 Å². The van der Waals surface area contributed by atoms with Gasteiger partial charge in [0.2, 0.25) is 0 Å². The monoisotopic (exact) mass is 345 g/mol. The minimum absolute atomic E-state index is 0.0792. The van der Waals surface area contributed by atoms with Gasteiger partial charge in [0, 0.05) is 12.6 Å². The highest BCUT2D eigenvalue weighted by molar-refractivity contribution is 9.10. The minimum Gasteiger partial charge on any atom is -0.380 e. The molecule has 1 atom stereocenters. The van der Waals surface area contributed by atoms with E-state index in [0.29, 0.717) is 6.54 Å². The van der Waals surface area contributed by atoms with E-state index in [0.717, 1.165) is 31.7 Å². The molecule has 1 saturated heterocycles. The van der Waals surface area contributed by atoms with E-state index in [1.807, 2.05) is 0 Å². The number of halogens is 3. The summed E-state index contributed by atoms with van der Waals surface area (Å²) >= 11 is 2.97. The van der Waals surface area contributed by atoms with E-state index in [2.05, 4.69) is 21.2 Å². The first-order chi connectivity index (χ1) is 9.58. The fraction of sp³-hybridized carbons (Fsp3) is 0.600. The summed E-state index contributed by atoms with van der Waals surface area (Å²) in [4.78, 5) is 0. The summed E-state index contributed by atoms with van der Waals surface area (Å²) in [5.41, 5.74) is 0.275. The Morgan fingerprint density at radius 1 is 1.20 bits per heavy atom. The van der Waals surface area contributed by atoms with Crippen LogP contribution in [0.1, 0.15) is 38.5 Å². The lowest BCUT2D eigenvalue weighted by atomic mass is 9.98. The average Bonchev–Trinajstić information content (AvgIpc) is 3.03. The Morgan fingerprint density at radius 2 is 1.95 bits per heavy atom. The summed E-state index contributed by atoms with van der Waals surface area (Å²) in [5, 5.41) is 2.97. The SMILES string of the molecule is Fc1cc(NCC2CCC3(CCCC3)O2)c(F)cc1Br. The number of ether oxygens (including phenoxy) is 1. The van der Waals surface area contributed by atoms with Crippen molar-refractivity contribution >= 4 is 21.6 Å². The van der Waals surface area contributed by atoms with Gasteiger partial charge in [0.05, 0.1) is 21.9 Å². The van der Waals surface area contributed by atoms with Crippen molar-refractivity contribution in [2.75, 3.05) is 11.9 Å². The van der Waals surface area contributed by atoms with Crippen molar-refractivity contribution in [3.05, 3.63) is 28.2 Å². The Kier molecular flexibility index (Phi) is 4.00. The molecule has 2 nitrogen and oxygen atoms in total. The van der Waals surface area contributed by atoms with Gasteiger partial charge in [0.1, 0.15) is 11.6 Å². The number of anilines is 1. The molecular formula is C15H18BrF2NO. The summed E-state index contributed by atoms with van der Waals surface area (Å²) < 4.78 is 33.4. The Labute approximate surface area is 126 Å². The van der Waals surface area contributed by atoms with Crippen molar-refractivity contribution in [1.82, 2.24) is 0 Å². The van der Waals surface area contributed by atoms with E-state index in [1.165, 1.54) is 18.9 Å². The maximum absolute atomic E-state index is 13.7. The van der Waals surface area contributed by atoms with E-state index in [-0.39, 0.29) is 21.9 Å². The predicted octanol–water partition coefficient (Wildman–Crippen LogP) is 4.63. The second-order valence-corrected chi connectivity index (χ2v) is 6.65. The van der Waals surface area contributed by atoms with Gasteiger partial charge in [-0.3, -0.25) is 0 Å². The molecule has 0 bridgehead atoms. The van der Waals surface area contributed by atoms with Crippen LogP contribution in [0.4, 0.5) is 14.5 Å². The van der Waals surface area contributed by atoms with E-state index in [4.69, 9.17) is 4.74 Å². The zero-order chi connectivity index (χ0) is 14.2. The number of benzene rings is 1. The van der Waals surface area contributed by atoms with Crippen molar-refractivity contribution in [2.24, 2.45) is 0 Å². The van der Waals surface area contributed by atoms with Gasteiger partial charge in [-0.15, -0.1) is 0 Å². The molecule has 3 rings (SSSR count). The molecule has 20 heavy (non-hydrogen) atoms. The number of rotatable bonds is 3. The molecule has 1 aromatic rings. The van der Waals surface area contributed by atoms with Crippen molar-refractivity contribution in [3.63, 3.8) is 0 Å². The molecule has 0 amide bonds. The number of hydrogen-bond acceptors (Lipinski definition) is 2. The third-order valence-electron chi connectivity index (χ3n) is 4.38. The lowest BCUT2D eigenvalue weighted by Gasteiger charge is -2.24. The predicted molar refractivity (Wildman–Crippen MR) is 77.9 cm³/mol. The van der Waals surface area contributed by atoms with Crippen LogP contribution in [0, 0.1) is 11.6 Å². The Balaban J connectivity index is 1.59. The van der Waals surface area contributed by atoms with Crippen LogP contribution in [0.2, 0.25) is 0 Å². The van der Waals surface area contributed by atoms with E-state index in [1.54, 1.807) is 0 Å². The van der Waals surface area contributed by atoms with Crippen LogP contribution >= 0.6 is 15.9 Å². The highest BCUT2D eigenvalue weighted by Gasteiger charge is 2.41. The highest BCUT2D eigenvalue weighted by atomic mass is 79.9. The first-order valence-electron chi connectivity index (χ1n) is 7.14. The molecule has 2 aliphatic rings. The smallest absolute Gasteiger partial charge is 0.147 e. The van der Waals surface area contributed by atoms with Crippen LogP contribution in [0.15, 0.2) is 16.6 Å². The van der Waals surface area contributed by atoms with Crippen molar-refractivity contribution in [1.29, 1.82) is 0 Å². The van der Waals surface area contributed by atoms with Gasteiger partial charge in [-0.1, -0.05) is 12.8 Å². The van der Waals surface area contributed by atoms with Crippen LogP contribution in [-0.4, -0.2) is 18.2 Å². The zero-order valence-electron chi connectivity index (χ0n) is 11.2. The van der Waals surface area contributed by atoms with Gasteiger partial charge in [-0.2, -0.15) is 0 Å². The quantitative estimate of drug-likeness (QED) is 0.806. The second kappa shape index (κ2) is 5.60. The fourth-order valence-electron chi connectivity index (χ4n) is 3.31. The summed E-state index contributed by atoms with van der Waals surface area (Å²) in [6.07, 6.45) is 6.96.